The lowest BCUT2D eigenvalue weighted by Gasteiger charge is -2.28. The first-order valence-corrected chi connectivity index (χ1v) is 8.78. The summed E-state index contributed by atoms with van der Waals surface area (Å²) in [5, 5.41) is 18.3. The molecule has 0 spiro atoms. The molecule has 120 valence electrons. The Balaban J connectivity index is 2.16. The number of aliphatic carboxylic acids is 1. The van der Waals surface area contributed by atoms with Gasteiger partial charge in [0.1, 0.15) is 0 Å². The molecule has 2 aliphatic rings. The van der Waals surface area contributed by atoms with Crippen LogP contribution in [-0.4, -0.2) is 66.1 Å². The molecule has 1 saturated carbocycles. The monoisotopic (exact) mass is 319 g/mol. The van der Waals surface area contributed by atoms with Gasteiger partial charge in [-0.3, -0.25) is 9.59 Å². The van der Waals surface area contributed by atoms with E-state index >= 15 is 0 Å². The summed E-state index contributed by atoms with van der Waals surface area (Å²) in [6, 6.07) is -0.458. The number of amides is 1. The van der Waals surface area contributed by atoms with E-state index in [1.54, 1.807) is 13.8 Å². The van der Waals surface area contributed by atoms with Crippen molar-refractivity contribution in [3.8, 4) is 0 Å². The molecule has 0 aromatic rings. The maximum Gasteiger partial charge on any atom is 0.307 e. The van der Waals surface area contributed by atoms with Crippen LogP contribution in [-0.2, 0) is 19.4 Å². The summed E-state index contributed by atoms with van der Waals surface area (Å²) in [7, 11) is -3.15. The number of rotatable bonds is 5. The zero-order valence-corrected chi connectivity index (χ0v) is 13.0. The largest absolute Gasteiger partial charge is 0.481 e. The highest BCUT2D eigenvalue weighted by atomic mass is 32.2. The molecule has 2 rings (SSSR count). The highest BCUT2D eigenvalue weighted by molar-refractivity contribution is 7.91. The molecular formula is C13H21NO6S. The maximum absolute atomic E-state index is 12.6. The molecule has 0 aromatic heterocycles. The molecule has 1 aliphatic carbocycles. The Hall–Kier alpha value is -1.15. The van der Waals surface area contributed by atoms with Gasteiger partial charge in [-0.15, -0.1) is 0 Å². The summed E-state index contributed by atoms with van der Waals surface area (Å²) < 4.78 is 23.1. The summed E-state index contributed by atoms with van der Waals surface area (Å²) in [6.45, 7) is 3.21. The van der Waals surface area contributed by atoms with E-state index in [1.165, 1.54) is 4.90 Å². The Bertz CT molecular complexity index is 555. The highest BCUT2D eigenvalue weighted by Crippen LogP contribution is 2.59. The van der Waals surface area contributed by atoms with Crippen LogP contribution < -0.4 is 0 Å². The van der Waals surface area contributed by atoms with Gasteiger partial charge in [0.15, 0.2) is 9.84 Å². The highest BCUT2D eigenvalue weighted by Gasteiger charge is 2.67. The van der Waals surface area contributed by atoms with Crippen LogP contribution in [0.3, 0.4) is 0 Å². The first-order chi connectivity index (χ1) is 9.62. The van der Waals surface area contributed by atoms with Crippen LogP contribution in [0, 0.1) is 17.3 Å². The number of aliphatic hydroxyl groups excluding tert-OH is 1. The molecule has 1 saturated heterocycles. The molecule has 0 radical (unpaired) electrons. The Morgan fingerprint density at radius 1 is 1.29 bits per heavy atom. The molecular weight excluding hydrogens is 298 g/mol. The number of carbonyl (C=O) groups excluding carboxylic acids is 1. The first kappa shape index (κ1) is 16.2. The molecule has 1 amide bonds. The van der Waals surface area contributed by atoms with Crippen LogP contribution in [0.5, 0.6) is 0 Å². The average Bonchev–Trinajstić information content (AvgIpc) is 2.75. The van der Waals surface area contributed by atoms with Crippen molar-refractivity contribution in [1.82, 2.24) is 4.90 Å². The van der Waals surface area contributed by atoms with E-state index in [1.807, 2.05) is 0 Å². The van der Waals surface area contributed by atoms with Crippen LogP contribution in [0.2, 0.25) is 0 Å². The molecule has 3 unspecified atom stereocenters. The van der Waals surface area contributed by atoms with Crippen molar-refractivity contribution in [2.45, 2.75) is 26.3 Å². The summed E-state index contributed by atoms with van der Waals surface area (Å²) in [5.41, 5.74) is -0.631. The zero-order valence-electron chi connectivity index (χ0n) is 12.2. The second kappa shape index (κ2) is 5.24. The second-order valence-electron chi connectivity index (χ2n) is 6.43. The van der Waals surface area contributed by atoms with Gasteiger partial charge in [0, 0.05) is 12.6 Å². The summed E-state index contributed by atoms with van der Waals surface area (Å²) >= 11 is 0. The summed E-state index contributed by atoms with van der Waals surface area (Å²) in [4.78, 5) is 25.1. The normalized spacial score (nSPS) is 32.6. The van der Waals surface area contributed by atoms with Crippen LogP contribution in [0.4, 0.5) is 0 Å². The lowest BCUT2D eigenvalue weighted by molar-refractivity contribution is -0.142. The smallest absolute Gasteiger partial charge is 0.307 e. The van der Waals surface area contributed by atoms with Crippen LogP contribution in [0.15, 0.2) is 0 Å². The topological polar surface area (TPSA) is 112 Å². The molecule has 0 bridgehead atoms. The molecule has 2 N–H and O–H groups in total. The van der Waals surface area contributed by atoms with Crippen molar-refractivity contribution in [2.24, 2.45) is 17.3 Å². The predicted molar refractivity (Wildman–Crippen MR) is 74.3 cm³/mol. The summed E-state index contributed by atoms with van der Waals surface area (Å²) in [6.07, 6.45) is 0.346. The van der Waals surface area contributed by atoms with Gasteiger partial charge in [-0.2, -0.15) is 0 Å². The minimum absolute atomic E-state index is 0.0310. The zero-order chi connectivity index (χ0) is 16.0. The van der Waals surface area contributed by atoms with Gasteiger partial charge in [0.25, 0.3) is 0 Å². The first-order valence-electron chi connectivity index (χ1n) is 6.96. The Labute approximate surface area is 123 Å². The summed E-state index contributed by atoms with van der Waals surface area (Å²) in [5.74, 6) is -2.84. The third-order valence-corrected chi connectivity index (χ3v) is 6.38. The van der Waals surface area contributed by atoms with E-state index in [2.05, 4.69) is 0 Å². The molecule has 1 aliphatic heterocycles. The van der Waals surface area contributed by atoms with E-state index in [-0.39, 0.29) is 30.6 Å². The lowest BCUT2D eigenvalue weighted by Crippen LogP contribution is -2.44. The van der Waals surface area contributed by atoms with Crippen LogP contribution in [0.25, 0.3) is 0 Å². The quantitative estimate of drug-likeness (QED) is 0.696. The Kier molecular flexibility index (Phi) is 4.05. The van der Waals surface area contributed by atoms with Crippen molar-refractivity contribution < 1.29 is 28.2 Å². The van der Waals surface area contributed by atoms with Crippen LogP contribution in [0.1, 0.15) is 20.3 Å². The van der Waals surface area contributed by atoms with Crippen molar-refractivity contribution in [3.05, 3.63) is 0 Å². The number of carboxylic acid groups (broad SMARTS) is 1. The van der Waals surface area contributed by atoms with E-state index < -0.39 is 39.1 Å². The van der Waals surface area contributed by atoms with Gasteiger partial charge in [-0.25, -0.2) is 8.42 Å². The number of hydrogen-bond acceptors (Lipinski definition) is 5. The SMILES string of the molecule is CC1(C)C(C(=O)O)C1C(=O)N(CCO)C1CCS(=O)(=O)C1. The van der Waals surface area contributed by atoms with Gasteiger partial charge < -0.3 is 15.1 Å². The minimum atomic E-state index is -3.15. The van der Waals surface area contributed by atoms with Gasteiger partial charge >= 0.3 is 5.97 Å². The van der Waals surface area contributed by atoms with E-state index in [9.17, 15) is 18.0 Å². The van der Waals surface area contributed by atoms with E-state index in [0.717, 1.165) is 0 Å². The number of nitrogens with zero attached hydrogens (tertiary/aromatic N) is 1. The van der Waals surface area contributed by atoms with Gasteiger partial charge in [0.2, 0.25) is 5.91 Å². The standard InChI is InChI=1S/C13H21NO6S/c1-13(2)9(10(13)12(17)18)11(16)14(4-5-15)8-3-6-21(19,20)7-8/h8-10,15H,3-7H2,1-2H3,(H,17,18). The molecule has 1 heterocycles. The third kappa shape index (κ3) is 2.91. The van der Waals surface area contributed by atoms with Gasteiger partial charge in [-0.05, 0) is 11.8 Å². The molecule has 8 heteroatoms. The fourth-order valence-corrected chi connectivity index (χ4v) is 5.07. The van der Waals surface area contributed by atoms with Gasteiger partial charge in [-0.1, -0.05) is 13.8 Å². The van der Waals surface area contributed by atoms with Crippen LogP contribution >= 0.6 is 0 Å². The molecule has 21 heavy (non-hydrogen) atoms. The Morgan fingerprint density at radius 3 is 2.29 bits per heavy atom. The molecule has 0 aromatic carbocycles. The third-order valence-electron chi connectivity index (χ3n) is 4.63. The maximum atomic E-state index is 12.6. The Morgan fingerprint density at radius 2 is 1.90 bits per heavy atom. The van der Waals surface area contributed by atoms with Crippen molar-refractivity contribution in [2.75, 3.05) is 24.7 Å². The fourth-order valence-electron chi connectivity index (χ4n) is 3.34. The molecule has 2 fully saturated rings. The molecule has 7 nitrogen and oxygen atoms in total. The number of aliphatic hydroxyl groups is 1. The fraction of sp³-hybridized carbons (Fsp3) is 0.846. The molecule has 3 atom stereocenters. The van der Waals surface area contributed by atoms with E-state index in [0.29, 0.717) is 6.42 Å². The van der Waals surface area contributed by atoms with Crippen molar-refractivity contribution in [3.63, 3.8) is 0 Å². The average molecular weight is 319 g/mol. The van der Waals surface area contributed by atoms with Gasteiger partial charge in [0.05, 0.1) is 29.9 Å². The number of carboxylic acids is 1. The van der Waals surface area contributed by atoms with E-state index in [4.69, 9.17) is 10.2 Å². The number of carbonyl (C=O) groups is 2. The lowest BCUT2D eigenvalue weighted by atomic mass is 10.1. The van der Waals surface area contributed by atoms with Crippen molar-refractivity contribution in [1.29, 1.82) is 0 Å². The number of hydrogen-bond donors (Lipinski definition) is 2. The number of sulfone groups is 1. The predicted octanol–water partition coefficient (Wildman–Crippen LogP) is -0.649. The minimum Gasteiger partial charge on any atom is -0.481 e. The van der Waals surface area contributed by atoms with Crippen molar-refractivity contribution >= 4 is 21.7 Å². The second-order valence-corrected chi connectivity index (χ2v) is 8.66.